The van der Waals surface area contributed by atoms with Gasteiger partial charge in [0.05, 0.1) is 0 Å². The Hall–Kier alpha value is -2.24. The van der Waals surface area contributed by atoms with Crippen LogP contribution in [0.1, 0.15) is 24.9 Å². The van der Waals surface area contributed by atoms with Crippen molar-refractivity contribution in [1.82, 2.24) is 25.5 Å². The van der Waals surface area contributed by atoms with E-state index in [0.29, 0.717) is 13.0 Å². The minimum atomic E-state index is -0.413. The Kier molecular flexibility index (Phi) is 4.60. The summed E-state index contributed by atoms with van der Waals surface area (Å²) in [5.41, 5.74) is 1.08. The van der Waals surface area contributed by atoms with Crippen molar-refractivity contribution in [2.75, 3.05) is 6.54 Å². The molecule has 6 nitrogen and oxygen atoms in total. The number of tetrazole rings is 1. The number of hydrogen-bond acceptors (Lipinski definition) is 4. The quantitative estimate of drug-likeness (QED) is 0.839. The molecule has 1 heterocycles. The molecule has 0 unspecified atom stereocenters. The predicted molar refractivity (Wildman–Crippen MR) is 70.3 cm³/mol. The Morgan fingerprint density at radius 1 is 1.37 bits per heavy atom. The molecule has 0 spiro atoms. The molecule has 0 saturated carbocycles. The molecule has 0 radical (unpaired) electrons. The number of carbonyl (C=O) groups excluding carboxylic acids is 1. The summed E-state index contributed by atoms with van der Waals surface area (Å²) >= 11 is 0. The lowest BCUT2D eigenvalue weighted by atomic mass is 10.1. The third kappa shape index (κ3) is 3.61. The zero-order valence-corrected chi connectivity index (χ0v) is 10.9. The Morgan fingerprint density at radius 3 is 2.79 bits per heavy atom. The second-order valence-electron chi connectivity index (χ2n) is 4.29. The molecule has 1 amide bonds. The fourth-order valence-electron chi connectivity index (χ4n) is 1.82. The van der Waals surface area contributed by atoms with Crippen molar-refractivity contribution < 1.29 is 4.79 Å². The Balaban J connectivity index is 2.13. The van der Waals surface area contributed by atoms with Crippen LogP contribution in [0.4, 0.5) is 0 Å². The second-order valence-corrected chi connectivity index (χ2v) is 4.29. The van der Waals surface area contributed by atoms with E-state index >= 15 is 0 Å². The highest BCUT2D eigenvalue weighted by Crippen LogP contribution is 2.13. The maximum atomic E-state index is 12.2. The molecular weight excluding hydrogens is 242 g/mol. The highest BCUT2D eigenvalue weighted by atomic mass is 16.2. The second kappa shape index (κ2) is 6.63. The van der Waals surface area contributed by atoms with Crippen LogP contribution in [-0.2, 0) is 11.2 Å². The van der Waals surface area contributed by atoms with E-state index in [4.69, 9.17) is 0 Å². The van der Waals surface area contributed by atoms with Gasteiger partial charge in [-0.3, -0.25) is 4.79 Å². The van der Waals surface area contributed by atoms with Crippen LogP contribution < -0.4 is 5.32 Å². The smallest absolute Gasteiger partial charge is 0.245 e. The molecule has 2 aromatic rings. The summed E-state index contributed by atoms with van der Waals surface area (Å²) in [6.07, 6.45) is 2.94. The van der Waals surface area contributed by atoms with E-state index < -0.39 is 6.04 Å². The molecule has 0 aliphatic heterocycles. The molecule has 1 atom stereocenters. The monoisotopic (exact) mass is 259 g/mol. The van der Waals surface area contributed by atoms with E-state index in [-0.39, 0.29) is 5.91 Å². The Labute approximate surface area is 111 Å². The normalized spacial score (nSPS) is 12.1. The van der Waals surface area contributed by atoms with Gasteiger partial charge in [-0.1, -0.05) is 37.3 Å². The van der Waals surface area contributed by atoms with Gasteiger partial charge in [0.25, 0.3) is 0 Å². The van der Waals surface area contributed by atoms with Crippen LogP contribution in [0.15, 0.2) is 36.7 Å². The molecule has 0 fully saturated rings. The van der Waals surface area contributed by atoms with Crippen molar-refractivity contribution in [3.8, 4) is 0 Å². The van der Waals surface area contributed by atoms with Crippen molar-refractivity contribution in [3.63, 3.8) is 0 Å². The largest absolute Gasteiger partial charge is 0.354 e. The van der Waals surface area contributed by atoms with Crippen LogP contribution >= 0.6 is 0 Å². The first kappa shape index (κ1) is 13.2. The van der Waals surface area contributed by atoms with Gasteiger partial charge >= 0.3 is 0 Å². The van der Waals surface area contributed by atoms with Crippen LogP contribution in [0.5, 0.6) is 0 Å². The van der Waals surface area contributed by atoms with Crippen molar-refractivity contribution >= 4 is 5.91 Å². The first-order valence-corrected chi connectivity index (χ1v) is 6.35. The van der Waals surface area contributed by atoms with Gasteiger partial charge in [0.2, 0.25) is 5.91 Å². The fraction of sp³-hybridized carbons (Fsp3) is 0.385. The maximum absolute atomic E-state index is 12.2. The van der Waals surface area contributed by atoms with Gasteiger partial charge < -0.3 is 5.32 Å². The first-order valence-electron chi connectivity index (χ1n) is 6.35. The minimum absolute atomic E-state index is 0.0574. The summed E-state index contributed by atoms with van der Waals surface area (Å²) in [4.78, 5) is 12.2. The molecule has 1 aromatic carbocycles. The maximum Gasteiger partial charge on any atom is 0.245 e. The van der Waals surface area contributed by atoms with Crippen LogP contribution in [0.3, 0.4) is 0 Å². The summed E-state index contributed by atoms with van der Waals surface area (Å²) in [6, 6.07) is 9.43. The first-order chi connectivity index (χ1) is 9.31. The van der Waals surface area contributed by atoms with Crippen molar-refractivity contribution in [2.24, 2.45) is 0 Å². The van der Waals surface area contributed by atoms with E-state index in [2.05, 4.69) is 20.8 Å². The number of rotatable bonds is 6. The third-order valence-electron chi connectivity index (χ3n) is 2.81. The Morgan fingerprint density at radius 2 is 2.16 bits per heavy atom. The van der Waals surface area contributed by atoms with Crippen molar-refractivity contribution in [3.05, 3.63) is 42.2 Å². The fourth-order valence-corrected chi connectivity index (χ4v) is 1.82. The lowest BCUT2D eigenvalue weighted by Gasteiger charge is -2.16. The molecular formula is C13H17N5O. The van der Waals surface area contributed by atoms with Crippen LogP contribution in [0, 0.1) is 0 Å². The SMILES string of the molecule is CCCNC(=O)[C@@H](Cc1ccccc1)n1cnnn1. The number of nitrogens with one attached hydrogen (secondary N) is 1. The number of hydrogen-bond donors (Lipinski definition) is 1. The van der Waals surface area contributed by atoms with Crippen LogP contribution in [0.25, 0.3) is 0 Å². The molecule has 0 saturated heterocycles. The van der Waals surface area contributed by atoms with E-state index in [1.54, 1.807) is 0 Å². The molecule has 0 aliphatic carbocycles. The molecule has 1 N–H and O–H groups in total. The molecule has 100 valence electrons. The van der Waals surface area contributed by atoms with Gasteiger partial charge in [-0.2, -0.15) is 0 Å². The molecule has 1 aromatic heterocycles. The van der Waals surface area contributed by atoms with Gasteiger partial charge in [0.15, 0.2) is 0 Å². The van der Waals surface area contributed by atoms with E-state index in [9.17, 15) is 4.79 Å². The Bertz CT molecular complexity index is 497. The summed E-state index contributed by atoms with van der Waals surface area (Å²) in [5, 5.41) is 13.9. The molecule has 2 rings (SSSR count). The summed E-state index contributed by atoms with van der Waals surface area (Å²) in [6.45, 7) is 2.68. The lowest BCUT2D eigenvalue weighted by molar-refractivity contribution is -0.124. The number of nitrogens with zero attached hydrogens (tertiary/aromatic N) is 4. The third-order valence-corrected chi connectivity index (χ3v) is 2.81. The molecule has 19 heavy (non-hydrogen) atoms. The molecule has 0 bridgehead atoms. The van der Waals surface area contributed by atoms with Gasteiger partial charge in [-0.25, -0.2) is 4.68 Å². The van der Waals surface area contributed by atoms with E-state index in [0.717, 1.165) is 12.0 Å². The summed E-state index contributed by atoms with van der Waals surface area (Å²) in [5.74, 6) is -0.0574. The number of benzene rings is 1. The van der Waals surface area contributed by atoms with Crippen LogP contribution in [-0.4, -0.2) is 32.7 Å². The number of aromatic nitrogens is 4. The van der Waals surface area contributed by atoms with Crippen LogP contribution in [0.2, 0.25) is 0 Å². The number of carbonyl (C=O) groups is 1. The van der Waals surface area contributed by atoms with E-state index in [1.807, 2.05) is 37.3 Å². The topological polar surface area (TPSA) is 72.7 Å². The molecule has 6 heteroatoms. The lowest BCUT2D eigenvalue weighted by Crippen LogP contribution is -2.34. The van der Waals surface area contributed by atoms with E-state index in [1.165, 1.54) is 11.0 Å². The van der Waals surface area contributed by atoms with Gasteiger partial charge in [0, 0.05) is 13.0 Å². The zero-order chi connectivity index (χ0) is 13.5. The number of amides is 1. The van der Waals surface area contributed by atoms with Gasteiger partial charge in [-0.05, 0) is 22.4 Å². The van der Waals surface area contributed by atoms with Gasteiger partial charge in [0.1, 0.15) is 12.4 Å². The summed E-state index contributed by atoms with van der Waals surface area (Å²) < 4.78 is 1.50. The standard InChI is InChI=1S/C13H17N5O/c1-2-8-14-13(19)12(18-10-15-16-17-18)9-11-6-4-3-5-7-11/h3-7,10,12H,2,8-9H2,1H3,(H,14,19)/t12-/m1/s1. The van der Waals surface area contributed by atoms with Crippen molar-refractivity contribution in [1.29, 1.82) is 0 Å². The summed E-state index contributed by atoms with van der Waals surface area (Å²) in [7, 11) is 0. The van der Waals surface area contributed by atoms with Gasteiger partial charge in [-0.15, -0.1) is 5.10 Å². The highest BCUT2D eigenvalue weighted by molar-refractivity contribution is 5.80. The van der Waals surface area contributed by atoms with Crippen molar-refractivity contribution in [2.45, 2.75) is 25.8 Å². The zero-order valence-electron chi connectivity index (χ0n) is 10.9. The molecule has 0 aliphatic rings. The highest BCUT2D eigenvalue weighted by Gasteiger charge is 2.21. The predicted octanol–water partition coefficient (Wildman–Crippen LogP) is 0.983. The minimum Gasteiger partial charge on any atom is -0.354 e. The average Bonchev–Trinajstić information content (AvgIpc) is 2.97. The average molecular weight is 259 g/mol.